The fourth-order valence-corrected chi connectivity index (χ4v) is 3.64. The number of rotatable bonds is 7. The third-order valence-corrected chi connectivity index (χ3v) is 4.96. The van der Waals surface area contributed by atoms with Gasteiger partial charge in [-0.05, 0) is 78.8 Å². The molecule has 0 heterocycles. The van der Waals surface area contributed by atoms with E-state index in [9.17, 15) is 0 Å². The molecular formula is C25H30N2. The SMILES string of the molecule is Cc1c(Nc2ccc(Nc3ccccc3)cc2)cccc1C(C)CC(C)C. The first-order valence-corrected chi connectivity index (χ1v) is 9.81. The first-order valence-electron chi connectivity index (χ1n) is 9.81. The van der Waals surface area contributed by atoms with Gasteiger partial charge in [0.2, 0.25) is 0 Å². The van der Waals surface area contributed by atoms with Crippen LogP contribution in [0.3, 0.4) is 0 Å². The first kappa shape index (κ1) is 19.0. The molecule has 0 bridgehead atoms. The summed E-state index contributed by atoms with van der Waals surface area (Å²) in [7, 11) is 0. The van der Waals surface area contributed by atoms with Crippen LogP contribution in [-0.4, -0.2) is 0 Å². The van der Waals surface area contributed by atoms with Crippen molar-refractivity contribution in [2.24, 2.45) is 5.92 Å². The van der Waals surface area contributed by atoms with Gasteiger partial charge in [0.05, 0.1) is 0 Å². The Labute approximate surface area is 163 Å². The fraction of sp³-hybridized carbons (Fsp3) is 0.280. The zero-order valence-corrected chi connectivity index (χ0v) is 16.8. The van der Waals surface area contributed by atoms with Crippen LogP contribution < -0.4 is 10.6 Å². The Balaban J connectivity index is 1.72. The summed E-state index contributed by atoms with van der Waals surface area (Å²) in [5.41, 5.74) is 7.26. The molecule has 0 saturated heterocycles. The van der Waals surface area contributed by atoms with Crippen molar-refractivity contribution in [2.75, 3.05) is 10.6 Å². The average Bonchev–Trinajstić information content (AvgIpc) is 2.65. The van der Waals surface area contributed by atoms with Gasteiger partial charge in [-0.15, -0.1) is 0 Å². The number of hydrogen-bond acceptors (Lipinski definition) is 2. The molecule has 2 nitrogen and oxygen atoms in total. The topological polar surface area (TPSA) is 24.1 Å². The Morgan fingerprint density at radius 2 is 1.26 bits per heavy atom. The summed E-state index contributed by atoms with van der Waals surface area (Å²) < 4.78 is 0. The maximum Gasteiger partial charge on any atom is 0.0416 e. The van der Waals surface area contributed by atoms with Gasteiger partial charge in [-0.2, -0.15) is 0 Å². The van der Waals surface area contributed by atoms with E-state index in [1.165, 1.54) is 23.2 Å². The molecule has 0 aliphatic carbocycles. The lowest BCUT2D eigenvalue weighted by atomic mass is 9.89. The summed E-state index contributed by atoms with van der Waals surface area (Å²) in [6, 6.07) is 25.3. The van der Waals surface area contributed by atoms with E-state index >= 15 is 0 Å². The van der Waals surface area contributed by atoms with Gasteiger partial charge >= 0.3 is 0 Å². The van der Waals surface area contributed by atoms with E-state index in [1.807, 2.05) is 18.2 Å². The molecule has 0 spiro atoms. The van der Waals surface area contributed by atoms with Crippen LogP contribution >= 0.6 is 0 Å². The van der Waals surface area contributed by atoms with E-state index in [1.54, 1.807) is 0 Å². The highest BCUT2D eigenvalue weighted by atomic mass is 14.9. The molecule has 0 radical (unpaired) electrons. The van der Waals surface area contributed by atoms with Crippen LogP contribution in [0.4, 0.5) is 22.7 Å². The van der Waals surface area contributed by atoms with E-state index < -0.39 is 0 Å². The smallest absolute Gasteiger partial charge is 0.0416 e. The minimum absolute atomic E-state index is 0.573. The van der Waals surface area contributed by atoms with Gasteiger partial charge in [0.25, 0.3) is 0 Å². The molecule has 0 aromatic heterocycles. The van der Waals surface area contributed by atoms with Crippen LogP contribution in [0.25, 0.3) is 0 Å². The Bertz CT molecular complexity index is 851. The van der Waals surface area contributed by atoms with Crippen LogP contribution in [0.2, 0.25) is 0 Å². The molecule has 3 rings (SSSR count). The highest BCUT2D eigenvalue weighted by molar-refractivity contribution is 5.68. The van der Waals surface area contributed by atoms with Gasteiger partial charge in [-0.3, -0.25) is 0 Å². The molecular weight excluding hydrogens is 328 g/mol. The molecule has 0 fully saturated rings. The zero-order valence-electron chi connectivity index (χ0n) is 16.8. The van der Waals surface area contributed by atoms with Crippen LogP contribution in [-0.2, 0) is 0 Å². The lowest BCUT2D eigenvalue weighted by Crippen LogP contribution is -2.03. The first-order chi connectivity index (χ1) is 13.0. The zero-order chi connectivity index (χ0) is 19.2. The lowest BCUT2D eigenvalue weighted by molar-refractivity contribution is 0.522. The number of anilines is 4. The maximum atomic E-state index is 3.58. The highest BCUT2D eigenvalue weighted by Gasteiger charge is 2.12. The van der Waals surface area contributed by atoms with Gasteiger partial charge in [0, 0.05) is 22.7 Å². The molecule has 2 heteroatoms. The maximum absolute atomic E-state index is 3.58. The van der Waals surface area contributed by atoms with E-state index in [-0.39, 0.29) is 0 Å². The van der Waals surface area contributed by atoms with E-state index in [0.29, 0.717) is 11.8 Å². The second-order valence-corrected chi connectivity index (χ2v) is 7.74. The van der Waals surface area contributed by atoms with Crippen LogP contribution in [0, 0.1) is 12.8 Å². The molecule has 140 valence electrons. The van der Waals surface area contributed by atoms with Gasteiger partial charge in [-0.1, -0.05) is 51.1 Å². The summed E-state index contributed by atoms with van der Waals surface area (Å²) in [6.45, 7) is 9.13. The third-order valence-electron chi connectivity index (χ3n) is 4.96. The number of benzene rings is 3. The minimum Gasteiger partial charge on any atom is -0.356 e. The quantitative estimate of drug-likeness (QED) is 0.453. The number of para-hydroxylation sites is 1. The summed E-state index contributed by atoms with van der Waals surface area (Å²) in [5.74, 6) is 1.28. The van der Waals surface area contributed by atoms with Gasteiger partial charge < -0.3 is 10.6 Å². The van der Waals surface area contributed by atoms with Crippen molar-refractivity contribution >= 4 is 22.7 Å². The van der Waals surface area contributed by atoms with Crippen molar-refractivity contribution in [3.8, 4) is 0 Å². The molecule has 0 aliphatic rings. The number of nitrogens with one attached hydrogen (secondary N) is 2. The molecule has 0 aliphatic heterocycles. The van der Waals surface area contributed by atoms with Gasteiger partial charge in [0.1, 0.15) is 0 Å². The molecule has 0 saturated carbocycles. The van der Waals surface area contributed by atoms with Crippen LogP contribution in [0.15, 0.2) is 72.8 Å². The Morgan fingerprint density at radius 1 is 0.667 bits per heavy atom. The Hall–Kier alpha value is -2.74. The van der Waals surface area contributed by atoms with Crippen molar-refractivity contribution in [3.63, 3.8) is 0 Å². The Morgan fingerprint density at radius 3 is 1.89 bits per heavy atom. The average molecular weight is 359 g/mol. The molecule has 27 heavy (non-hydrogen) atoms. The summed E-state index contributed by atoms with van der Waals surface area (Å²) in [5, 5.41) is 7.00. The molecule has 3 aromatic carbocycles. The highest BCUT2D eigenvalue weighted by Crippen LogP contribution is 2.31. The predicted molar refractivity (Wildman–Crippen MR) is 118 cm³/mol. The minimum atomic E-state index is 0.573. The van der Waals surface area contributed by atoms with E-state index in [0.717, 1.165) is 17.1 Å². The van der Waals surface area contributed by atoms with Crippen molar-refractivity contribution in [3.05, 3.63) is 83.9 Å². The third kappa shape index (κ3) is 5.13. The van der Waals surface area contributed by atoms with Crippen molar-refractivity contribution in [2.45, 2.75) is 40.0 Å². The van der Waals surface area contributed by atoms with Crippen molar-refractivity contribution < 1.29 is 0 Å². The molecule has 1 unspecified atom stereocenters. The monoisotopic (exact) mass is 358 g/mol. The summed E-state index contributed by atoms with van der Waals surface area (Å²) >= 11 is 0. The second-order valence-electron chi connectivity index (χ2n) is 7.74. The van der Waals surface area contributed by atoms with Crippen molar-refractivity contribution in [1.29, 1.82) is 0 Å². The molecule has 2 N–H and O–H groups in total. The van der Waals surface area contributed by atoms with Crippen molar-refractivity contribution in [1.82, 2.24) is 0 Å². The largest absolute Gasteiger partial charge is 0.356 e. The van der Waals surface area contributed by atoms with Crippen LogP contribution in [0.5, 0.6) is 0 Å². The molecule has 0 amide bonds. The molecule has 3 aromatic rings. The standard InChI is InChI=1S/C25H30N2/c1-18(2)17-19(3)24-11-8-12-25(20(24)4)27-23-15-13-22(14-16-23)26-21-9-6-5-7-10-21/h5-16,18-19,26-27H,17H2,1-4H3. The summed E-state index contributed by atoms with van der Waals surface area (Å²) in [4.78, 5) is 0. The van der Waals surface area contributed by atoms with E-state index in [4.69, 9.17) is 0 Å². The Kier molecular flexibility index (Phi) is 6.18. The van der Waals surface area contributed by atoms with E-state index in [2.05, 4.69) is 92.9 Å². The molecule has 1 atom stereocenters. The number of hydrogen-bond donors (Lipinski definition) is 2. The predicted octanol–water partition coefficient (Wildman–Crippen LogP) is 7.63. The van der Waals surface area contributed by atoms with Gasteiger partial charge in [-0.25, -0.2) is 0 Å². The van der Waals surface area contributed by atoms with Gasteiger partial charge in [0.15, 0.2) is 0 Å². The van der Waals surface area contributed by atoms with Crippen LogP contribution in [0.1, 0.15) is 44.2 Å². The lowest BCUT2D eigenvalue weighted by Gasteiger charge is -2.20. The summed E-state index contributed by atoms with van der Waals surface area (Å²) in [6.07, 6.45) is 1.21. The fourth-order valence-electron chi connectivity index (χ4n) is 3.64. The second kappa shape index (κ2) is 8.77. The normalized spacial score (nSPS) is 12.0.